The summed E-state index contributed by atoms with van der Waals surface area (Å²) in [5.41, 5.74) is 4.34. The number of nitrogens with zero attached hydrogens (tertiary/aromatic N) is 3. The van der Waals surface area contributed by atoms with Crippen LogP contribution in [0.3, 0.4) is 0 Å². The molecule has 0 aliphatic carbocycles. The number of aromatic nitrogens is 2. The van der Waals surface area contributed by atoms with E-state index in [4.69, 9.17) is 27.2 Å². The van der Waals surface area contributed by atoms with Crippen molar-refractivity contribution < 1.29 is 19.4 Å². The van der Waals surface area contributed by atoms with Gasteiger partial charge in [-0.15, -0.1) is 0 Å². The minimum absolute atomic E-state index is 0.0125. The maximum Gasteiger partial charge on any atom is 0.303 e. The molecular weight excluding hydrogens is 494 g/mol. The van der Waals surface area contributed by atoms with Gasteiger partial charge in [-0.1, -0.05) is 49.1 Å². The van der Waals surface area contributed by atoms with Gasteiger partial charge >= 0.3 is 5.97 Å². The van der Waals surface area contributed by atoms with Gasteiger partial charge in [0.1, 0.15) is 15.8 Å². The maximum absolute atomic E-state index is 13.1. The number of hydrogen-bond donors (Lipinski definition) is 1. The molecule has 2 aromatic carbocycles. The van der Waals surface area contributed by atoms with Gasteiger partial charge in [0.15, 0.2) is 0 Å². The summed E-state index contributed by atoms with van der Waals surface area (Å²) in [7, 11) is 0. The average molecular weight is 522 g/mol. The highest BCUT2D eigenvalue weighted by Crippen LogP contribution is 2.36. The topological polar surface area (TPSA) is 84.7 Å². The van der Waals surface area contributed by atoms with Crippen LogP contribution in [-0.4, -0.2) is 49.1 Å². The quantitative estimate of drug-likeness (QED) is 0.270. The van der Waals surface area contributed by atoms with Crippen molar-refractivity contribution in [1.29, 1.82) is 0 Å². The zero-order valence-corrected chi connectivity index (χ0v) is 21.8. The number of carbonyl (C=O) groups is 2. The van der Waals surface area contributed by atoms with Crippen molar-refractivity contribution in [2.75, 3.05) is 13.2 Å². The normalized spacial score (nSPS) is 14.6. The molecular formula is C27H27N3O4S2. The Morgan fingerprint density at radius 2 is 2.00 bits per heavy atom. The van der Waals surface area contributed by atoms with E-state index in [-0.39, 0.29) is 18.9 Å². The number of aliphatic carboxylic acids is 1. The van der Waals surface area contributed by atoms with Gasteiger partial charge in [0.05, 0.1) is 17.2 Å². The van der Waals surface area contributed by atoms with Crippen molar-refractivity contribution in [2.24, 2.45) is 0 Å². The van der Waals surface area contributed by atoms with E-state index in [1.165, 1.54) is 16.7 Å². The Labute approximate surface area is 219 Å². The Kier molecular flexibility index (Phi) is 8.22. The molecule has 0 radical (unpaired) electrons. The first-order chi connectivity index (χ1) is 17.4. The fraction of sp³-hybridized carbons (Fsp3) is 0.259. The summed E-state index contributed by atoms with van der Waals surface area (Å²) < 4.78 is 8.06. The lowest BCUT2D eigenvalue weighted by Crippen LogP contribution is -2.29. The van der Waals surface area contributed by atoms with Gasteiger partial charge in [0.2, 0.25) is 0 Å². The number of carbonyl (C=O) groups excluding carboxylic acids is 1. The van der Waals surface area contributed by atoms with E-state index in [2.05, 4.69) is 6.92 Å². The minimum Gasteiger partial charge on any atom is -0.493 e. The molecule has 7 nitrogen and oxygen atoms in total. The fourth-order valence-electron chi connectivity index (χ4n) is 3.82. The summed E-state index contributed by atoms with van der Waals surface area (Å²) in [6.07, 6.45) is 4.98. The molecule has 1 fully saturated rings. The van der Waals surface area contributed by atoms with Crippen molar-refractivity contribution in [3.8, 4) is 22.7 Å². The first-order valence-electron chi connectivity index (χ1n) is 11.7. The molecule has 1 N–H and O–H groups in total. The van der Waals surface area contributed by atoms with E-state index in [1.807, 2.05) is 67.7 Å². The second-order valence-electron chi connectivity index (χ2n) is 8.37. The molecule has 1 amide bonds. The van der Waals surface area contributed by atoms with Crippen LogP contribution in [0.15, 0.2) is 59.6 Å². The Morgan fingerprint density at radius 1 is 1.22 bits per heavy atom. The molecule has 0 spiro atoms. The molecule has 1 aliphatic rings. The monoisotopic (exact) mass is 521 g/mol. The van der Waals surface area contributed by atoms with Crippen LogP contribution in [0.25, 0.3) is 23.0 Å². The predicted molar refractivity (Wildman–Crippen MR) is 146 cm³/mol. The zero-order valence-electron chi connectivity index (χ0n) is 20.1. The molecule has 0 saturated carbocycles. The van der Waals surface area contributed by atoms with Crippen molar-refractivity contribution in [3.63, 3.8) is 0 Å². The lowest BCUT2D eigenvalue weighted by molar-refractivity contribution is -0.137. The van der Waals surface area contributed by atoms with E-state index in [0.717, 1.165) is 40.2 Å². The van der Waals surface area contributed by atoms with Gasteiger partial charge in [-0.25, -0.2) is 4.68 Å². The van der Waals surface area contributed by atoms with Crippen molar-refractivity contribution in [1.82, 2.24) is 14.7 Å². The number of rotatable bonds is 10. The third-order valence-corrected chi connectivity index (χ3v) is 6.98. The number of thiocarbonyl (C=S) groups is 1. The van der Waals surface area contributed by atoms with Crippen molar-refractivity contribution in [2.45, 2.75) is 33.1 Å². The van der Waals surface area contributed by atoms with E-state index < -0.39 is 5.97 Å². The minimum atomic E-state index is -0.893. The number of ether oxygens (including phenoxy) is 1. The van der Waals surface area contributed by atoms with E-state index in [1.54, 1.807) is 4.68 Å². The largest absolute Gasteiger partial charge is 0.493 e. The maximum atomic E-state index is 13.1. The molecule has 1 aliphatic heterocycles. The van der Waals surface area contributed by atoms with Crippen LogP contribution in [0.5, 0.6) is 5.75 Å². The second-order valence-corrected chi connectivity index (χ2v) is 10.0. The number of hydrogen-bond acceptors (Lipinski definition) is 6. The molecule has 1 saturated heterocycles. The van der Waals surface area contributed by atoms with Gasteiger partial charge in [-0.2, -0.15) is 5.10 Å². The van der Waals surface area contributed by atoms with Crippen molar-refractivity contribution in [3.05, 3.63) is 70.8 Å². The van der Waals surface area contributed by atoms with Gasteiger partial charge in [-0.3, -0.25) is 14.5 Å². The summed E-state index contributed by atoms with van der Waals surface area (Å²) in [6, 6.07) is 15.7. The number of carboxylic acids is 1. The summed E-state index contributed by atoms with van der Waals surface area (Å²) in [5.74, 6) is -0.268. The number of benzene rings is 2. The molecule has 1 aromatic heterocycles. The average Bonchev–Trinajstić information content (AvgIpc) is 3.40. The molecule has 9 heteroatoms. The lowest BCUT2D eigenvalue weighted by Gasteiger charge is -2.13. The highest BCUT2D eigenvalue weighted by molar-refractivity contribution is 8.26. The molecule has 36 heavy (non-hydrogen) atoms. The standard InChI is InChI=1S/C27H27N3O4S2/c1-3-14-34-22-12-11-19(15-18(22)2)25-20(17-30(28-25)21-8-5-4-6-9-21)16-23-26(33)29(27(35)36-23)13-7-10-24(31)32/h4-6,8-9,11-12,15-17H,3,7,10,13-14H2,1-2H3,(H,31,32)/b23-16-. The molecule has 0 atom stereocenters. The molecule has 3 aromatic rings. The van der Waals surface area contributed by atoms with Gasteiger partial charge < -0.3 is 9.84 Å². The summed E-state index contributed by atoms with van der Waals surface area (Å²) in [6.45, 7) is 5.01. The van der Waals surface area contributed by atoms with Crippen molar-refractivity contribution >= 4 is 46.3 Å². The Balaban J connectivity index is 1.70. The van der Waals surface area contributed by atoms with Crippen LogP contribution in [0.4, 0.5) is 0 Å². The van der Waals surface area contributed by atoms with Crippen LogP contribution >= 0.6 is 24.0 Å². The van der Waals surface area contributed by atoms with E-state index in [9.17, 15) is 9.59 Å². The third-order valence-electron chi connectivity index (χ3n) is 5.61. The highest BCUT2D eigenvalue weighted by Gasteiger charge is 2.32. The van der Waals surface area contributed by atoms with Gasteiger partial charge in [0, 0.05) is 30.3 Å². The zero-order chi connectivity index (χ0) is 25.7. The van der Waals surface area contributed by atoms with Crippen LogP contribution in [-0.2, 0) is 9.59 Å². The highest BCUT2D eigenvalue weighted by atomic mass is 32.2. The Bertz CT molecular complexity index is 1320. The lowest BCUT2D eigenvalue weighted by atomic mass is 10.0. The molecule has 0 bridgehead atoms. The Morgan fingerprint density at radius 3 is 2.69 bits per heavy atom. The number of aryl methyl sites for hydroxylation is 1. The molecule has 186 valence electrons. The molecule has 2 heterocycles. The second kappa shape index (κ2) is 11.5. The number of amides is 1. The summed E-state index contributed by atoms with van der Waals surface area (Å²) in [4.78, 5) is 25.9. The number of para-hydroxylation sites is 1. The van der Waals surface area contributed by atoms with E-state index in [0.29, 0.717) is 22.3 Å². The van der Waals surface area contributed by atoms with Crippen LogP contribution in [0, 0.1) is 6.92 Å². The number of carboxylic acid groups (broad SMARTS) is 1. The SMILES string of the molecule is CCCOc1ccc(-c2nn(-c3ccccc3)cc2/C=C2\SC(=S)N(CCCC(=O)O)C2=O)cc1C. The van der Waals surface area contributed by atoms with E-state index >= 15 is 0 Å². The van der Waals surface area contributed by atoms with Gasteiger partial charge in [0.25, 0.3) is 5.91 Å². The summed E-state index contributed by atoms with van der Waals surface area (Å²) in [5, 5.41) is 13.8. The fourth-order valence-corrected chi connectivity index (χ4v) is 5.12. The predicted octanol–water partition coefficient (Wildman–Crippen LogP) is 5.70. The van der Waals surface area contributed by atoms with Gasteiger partial charge in [-0.05, 0) is 61.7 Å². The first kappa shape index (κ1) is 25.7. The summed E-state index contributed by atoms with van der Waals surface area (Å²) >= 11 is 6.63. The smallest absolute Gasteiger partial charge is 0.303 e. The number of thioether (sulfide) groups is 1. The first-order valence-corrected chi connectivity index (χ1v) is 13.0. The van der Waals surface area contributed by atoms with Crippen LogP contribution in [0.2, 0.25) is 0 Å². The molecule has 0 unspecified atom stereocenters. The third kappa shape index (κ3) is 5.85. The van der Waals surface area contributed by atoms with Crippen LogP contribution < -0.4 is 4.74 Å². The molecule has 4 rings (SSSR count). The van der Waals surface area contributed by atoms with Crippen LogP contribution in [0.1, 0.15) is 37.3 Å². The Hall–Kier alpha value is -3.43.